The van der Waals surface area contributed by atoms with E-state index in [4.69, 9.17) is 11.6 Å². The van der Waals surface area contributed by atoms with Gasteiger partial charge in [0.15, 0.2) is 0 Å². The van der Waals surface area contributed by atoms with E-state index < -0.39 is 0 Å². The Morgan fingerprint density at radius 2 is 2.43 bits per heavy atom. The Labute approximate surface area is 93.4 Å². The molecule has 1 aliphatic heterocycles. The first-order valence-corrected chi connectivity index (χ1v) is 6.26. The maximum atomic E-state index is 6.00. The molecule has 0 saturated carbocycles. The van der Waals surface area contributed by atoms with Gasteiger partial charge in [-0.25, -0.2) is 0 Å². The Kier molecular flexibility index (Phi) is 3.67. The Morgan fingerprint density at radius 1 is 1.57 bits per heavy atom. The molecule has 1 aromatic rings. The van der Waals surface area contributed by atoms with Crippen LogP contribution in [0.4, 0.5) is 0 Å². The number of thioether (sulfide) groups is 1. The van der Waals surface area contributed by atoms with E-state index >= 15 is 0 Å². The van der Waals surface area contributed by atoms with Crippen LogP contribution < -0.4 is 5.32 Å². The maximum absolute atomic E-state index is 6.00. The summed E-state index contributed by atoms with van der Waals surface area (Å²) in [4.78, 5) is 3.96. The molecule has 0 unspecified atom stereocenters. The second-order valence-electron chi connectivity index (χ2n) is 3.51. The minimum absolute atomic E-state index is 0.784. The minimum atomic E-state index is 0.784. The van der Waals surface area contributed by atoms with E-state index in [1.54, 1.807) is 12.4 Å². The summed E-state index contributed by atoms with van der Waals surface area (Å²) in [6.45, 7) is 2.36. The molecule has 1 aliphatic rings. The lowest BCUT2D eigenvalue weighted by Gasteiger charge is -2.26. The van der Waals surface area contributed by atoms with Crippen LogP contribution in [0.15, 0.2) is 18.5 Å². The predicted molar refractivity (Wildman–Crippen MR) is 61.8 cm³/mol. The Morgan fingerprint density at radius 3 is 3.07 bits per heavy atom. The number of hydrogen-bond acceptors (Lipinski definition) is 3. The standard InChI is InChI=1S/C10H13ClN2S/c11-10-5-12-2-1-9(10)7-14-6-8-3-13-4-8/h1-2,5,8,13H,3-4,6-7H2. The van der Waals surface area contributed by atoms with E-state index in [0.29, 0.717) is 0 Å². The van der Waals surface area contributed by atoms with Gasteiger partial charge in [0.1, 0.15) is 0 Å². The molecule has 1 N–H and O–H groups in total. The van der Waals surface area contributed by atoms with Gasteiger partial charge in [-0.05, 0) is 36.4 Å². The van der Waals surface area contributed by atoms with Crippen molar-refractivity contribution in [3.63, 3.8) is 0 Å². The monoisotopic (exact) mass is 228 g/mol. The summed E-state index contributed by atoms with van der Waals surface area (Å²) in [5.41, 5.74) is 1.19. The van der Waals surface area contributed by atoms with Gasteiger partial charge in [0, 0.05) is 18.1 Å². The second-order valence-corrected chi connectivity index (χ2v) is 4.94. The molecule has 4 heteroatoms. The van der Waals surface area contributed by atoms with Crippen LogP contribution in [0.25, 0.3) is 0 Å². The lowest BCUT2D eigenvalue weighted by molar-refractivity contribution is 0.385. The highest BCUT2D eigenvalue weighted by molar-refractivity contribution is 7.98. The third-order valence-corrected chi connectivity index (χ3v) is 3.90. The summed E-state index contributed by atoms with van der Waals surface area (Å²) < 4.78 is 0. The SMILES string of the molecule is Clc1cnccc1CSCC1CNC1. The number of halogens is 1. The fourth-order valence-electron chi connectivity index (χ4n) is 1.32. The van der Waals surface area contributed by atoms with Gasteiger partial charge in [0.2, 0.25) is 0 Å². The van der Waals surface area contributed by atoms with Gasteiger partial charge in [-0.15, -0.1) is 0 Å². The van der Waals surface area contributed by atoms with Crippen LogP contribution in [0.2, 0.25) is 5.02 Å². The smallest absolute Gasteiger partial charge is 0.0629 e. The molecule has 0 aliphatic carbocycles. The third kappa shape index (κ3) is 2.62. The number of nitrogens with zero attached hydrogens (tertiary/aromatic N) is 1. The van der Waals surface area contributed by atoms with Gasteiger partial charge in [-0.1, -0.05) is 11.6 Å². The molecular formula is C10H13ClN2S. The molecule has 0 spiro atoms. The normalized spacial score (nSPS) is 16.6. The van der Waals surface area contributed by atoms with Crippen molar-refractivity contribution in [2.45, 2.75) is 5.75 Å². The first-order chi connectivity index (χ1) is 6.86. The average molecular weight is 229 g/mol. The largest absolute Gasteiger partial charge is 0.316 e. The molecule has 1 fully saturated rings. The van der Waals surface area contributed by atoms with Gasteiger partial charge in [0.05, 0.1) is 5.02 Å². The summed E-state index contributed by atoms with van der Waals surface area (Å²) in [5, 5.41) is 4.06. The highest BCUT2D eigenvalue weighted by atomic mass is 35.5. The molecule has 0 radical (unpaired) electrons. The van der Waals surface area contributed by atoms with Gasteiger partial charge in [0.25, 0.3) is 0 Å². The Hall–Kier alpha value is -0.250. The van der Waals surface area contributed by atoms with Crippen molar-refractivity contribution in [3.8, 4) is 0 Å². The summed E-state index contributed by atoms with van der Waals surface area (Å²) in [6, 6.07) is 1.99. The Bertz CT molecular complexity index is 302. The molecule has 2 rings (SSSR count). The average Bonchev–Trinajstić information content (AvgIpc) is 2.12. The fraction of sp³-hybridized carbons (Fsp3) is 0.500. The van der Waals surface area contributed by atoms with E-state index in [1.165, 1.54) is 24.4 Å². The lowest BCUT2D eigenvalue weighted by atomic mass is 10.1. The molecule has 1 saturated heterocycles. The van der Waals surface area contributed by atoms with Gasteiger partial charge in [-0.3, -0.25) is 4.98 Å². The summed E-state index contributed by atoms with van der Waals surface area (Å²) in [6.07, 6.45) is 3.51. The quantitative estimate of drug-likeness (QED) is 0.855. The van der Waals surface area contributed by atoms with Gasteiger partial charge < -0.3 is 5.32 Å². The fourth-order valence-corrected chi connectivity index (χ4v) is 2.75. The topological polar surface area (TPSA) is 24.9 Å². The van der Waals surface area contributed by atoms with Crippen molar-refractivity contribution in [2.24, 2.45) is 5.92 Å². The van der Waals surface area contributed by atoms with Crippen molar-refractivity contribution in [1.82, 2.24) is 10.3 Å². The van der Waals surface area contributed by atoms with E-state index in [1.807, 2.05) is 17.8 Å². The second kappa shape index (κ2) is 5.01. The third-order valence-electron chi connectivity index (χ3n) is 2.33. The summed E-state index contributed by atoms with van der Waals surface area (Å²) in [7, 11) is 0. The van der Waals surface area contributed by atoms with Crippen LogP contribution in [-0.4, -0.2) is 23.8 Å². The zero-order chi connectivity index (χ0) is 9.80. The predicted octanol–water partition coefficient (Wildman–Crippen LogP) is 2.19. The highest BCUT2D eigenvalue weighted by Gasteiger charge is 2.16. The Balaban J connectivity index is 1.76. The number of rotatable bonds is 4. The zero-order valence-corrected chi connectivity index (χ0v) is 9.44. The molecular weight excluding hydrogens is 216 g/mol. The molecule has 2 nitrogen and oxygen atoms in total. The van der Waals surface area contributed by atoms with Crippen LogP contribution in [0.1, 0.15) is 5.56 Å². The number of nitrogens with one attached hydrogen (secondary N) is 1. The molecule has 14 heavy (non-hydrogen) atoms. The lowest BCUT2D eigenvalue weighted by Crippen LogP contribution is -2.43. The molecule has 0 amide bonds. The van der Waals surface area contributed by atoms with Crippen molar-refractivity contribution in [1.29, 1.82) is 0 Å². The zero-order valence-electron chi connectivity index (χ0n) is 7.87. The van der Waals surface area contributed by atoms with E-state index in [9.17, 15) is 0 Å². The number of hydrogen-bond donors (Lipinski definition) is 1. The first-order valence-electron chi connectivity index (χ1n) is 4.73. The summed E-state index contributed by atoms with van der Waals surface area (Å²) in [5.74, 6) is 3.09. The van der Waals surface area contributed by atoms with Gasteiger partial charge >= 0.3 is 0 Å². The van der Waals surface area contributed by atoms with E-state index in [0.717, 1.165) is 16.7 Å². The molecule has 0 bridgehead atoms. The molecule has 0 atom stereocenters. The van der Waals surface area contributed by atoms with Crippen LogP contribution in [0.3, 0.4) is 0 Å². The van der Waals surface area contributed by atoms with Crippen LogP contribution in [0, 0.1) is 5.92 Å². The van der Waals surface area contributed by atoms with Crippen molar-refractivity contribution in [3.05, 3.63) is 29.0 Å². The maximum Gasteiger partial charge on any atom is 0.0629 e. The van der Waals surface area contributed by atoms with E-state index in [2.05, 4.69) is 10.3 Å². The molecule has 1 aromatic heterocycles. The van der Waals surface area contributed by atoms with Crippen molar-refractivity contribution >= 4 is 23.4 Å². The van der Waals surface area contributed by atoms with Crippen LogP contribution in [-0.2, 0) is 5.75 Å². The number of pyridine rings is 1. The summed E-state index contributed by atoms with van der Waals surface area (Å²) >= 11 is 7.95. The number of aromatic nitrogens is 1. The van der Waals surface area contributed by atoms with E-state index in [-0.39, 0.29) is 0 Å². The molecule has 2 heterocycles. The van der Waals surface area contributed by atoms with Crippen LogP contribution in [0.5, 0.6) is 0 Å². The van der Waals surface area contributed by atoms with Crippen molar-refractivity contribution in [2.75, 3.05) is 18.8 Å². The minimum Gasteiger partial charge on any atom is -0.316 e. The highest BCUT2D eigenvalue weighted by Crippen LogP contribution is 2.22. The molecule has 76 valence electrons. The van der Waals surface area contributed by atoms with Crippen molar-refractivity contribution < 1.29 is 0 Å². The van der Waals surface area contributed by atoms with Crippen LogP contribution >= 0.6 is 23.4 Å². The first kappa shape index (κ1) is 10.3. The van der Waals surface area contributed by atoms with Gasteiger partial charge in [-0.2, -0.15) is 11.8 Å². The molecule has 0 aromatic carbocycles.